The summed E-state index contributed by atoms with van der Waals surface area (Å²) in [6.45, 7) is -0.115. The molecule has 1 heterocycles. The molecule has 3 rings (SSSR count). The summed E-state index contributed by atoms with van der Waals surface area (Å²) in [6.07, 6.45) is 1.59. The molecule has 0 saturated carbocycles. The van der Waals surface area contributed by atoms with E-state index in [1.54, 1.807) is 18.3 Å². The fraction of sp³-hybridized carbons (Fsp3) is 0.0625. The SMILES string of the molecule is O=C(Cn1ncc2ccccc2c1=O)Nc1ccc(I)cc1. The van der Waals surface area contributed by atoms with Crippen LogP contribution >= 0.6 is 22.6 Å². The molecule has 1 N–H and O–H groups in total. The molecule has 0 radical (unpaired) electrons. The lowest BCUT2D eigenvalue weighted by Gasteiger charge is -2.07. The van der Waals surface area contributed by atoms with Gasteiger partial charge in [0.25, 0.3) is 5.56 Å². The Morgan fingerprint density at radius 3 is 2.64 bits per heavy atom. The van der Waals surface area contributed by atoms with E-state index >= 15 is 0 Å². The lowest BCUT2D eigenvalue weighted by molar-refractivity contribution is -0.117. The molecule has 6 heteroatoms. The molecule has 0 atom stereocenters. The number of hydrogen-bond donors (Lipinski definition) is 1. The number of carbonyl (C=O) groups is 1. The molecule has 2 aromatic carbocycles. The molecular formula is C16H12IN3O2. The van der Waals surface area contributed by atoms with Crippen molar-refractivity contribution in [1.29, 1.82) is 0 Å². The second-order valence-corrected chi connectivity index (χ2v) is 6.00. The van der Waals surface area contributed by atoms with Crippen LogP contribution in [0.1, 0.15) is 0 Å². The molecule has 1 aromatic heterocycles. The first-order valence-electron chi connectivity index (χ1n) is 6.64. The number of hydrogen-bond acceptors (Lipinski definition) is 3. The topological polar surface area (TPSA) is 64.0 Å². The smallest absolute Gasteiger partial charge is 0.275 e. The maximum absolute atomic E-state index is 12.3. The van der Waals surface area contributed by atoms with Crippen molar-refractivity contribution < 1.29 is 4.79 Å². The summed E-state index contributed by atoms with van der Waals surface area (Å²) >= 11 is 2.19. The summed E-state index contributed by atoms with van der Waals surface area (Å²) in [7, 11) is 0. The van der Waals surface area contributed by atoms with Crippen molar-refractivity contribution in [1.82, 2.24) is 9.78 Å². The predicted octanol–water partition coefficient (Wildman–Crippen LogP) is 2.64. The number of carbonyl (C=O) groups excluding carboxylic acids is 1. The molecule has 0 saturated heterocycles. The first-order chi connectivity index (χ1) is 10.6. The van der Waals surface area contributed by atoms with Gasteiger partial charge in [-0.15, -0.1) is 0 Å². The van der Waals surface area contributed by atoms with Gasteiger partial charge in [-0.3, -0.25) is 9.59 Å². The third-order valence-electron chi connectivity index (χ3n) is 3.18. The Morgan fingerprint density at radius 2 is 1.86 bits per heavy atom. The van der Waals surface area contributed by atoms with Gasteiger partial charge in [-0.1, -0.05) is 18.2 Å². The van der Waals surface area contributed by atoms with E-state index in [-0.39, 0.29) is 18.0 Å². The van der Waals surface area contributed by atoms with Crippen LogP contribution in [-0.2, 0) is 11.3 Å². The van der Waals surface area contributed by atoms with Gasteiger partial charge in [0.05, 0.1) is 11.6 Å². The number of anilines is 1. The van der Waals surface area contributed by atoms with Gasteiger partial charge in [0.1, 0.15) is 6.54 Å². The lowest BCUT2D eigenvalue weighted by Crippen LogP contribution is -2.29. The Kier molecular flexibility index (Phi) is 4.19. The summed E-state index contributed by atoms with van der Waals surface area (Å²) in [4.78, 5) is 24.3. The number of rotatable bonds is 3. The standard InChI is InChI=1S/C16H12IN3O2/c17-12-5-7-13(8-6-12)19-15(21)10-20-16(22)14-4-2-1-3-11(14)9-18-20/h1-9H,10H2,(H,19,21). The van der Waals surface area contributed by atoms with Crippen molar-refractivity contribution >= 4 is 45.0 Å². The lowest BCUT2D eigenvalue weighted by atomic mass is 10.2. The normalized spacial score (nSPS) is 10.6. The first kappa shape index (κ1) is 14.7. The van der Waals surface area contributed by atoms with E-state index in [1.165, 1.54) is 4.68 Å². The maximum atomic E-state index is 12.3. The van der Waals surface area contributed by atoms with Crippen LogP contribution in [0.15, 0.2) is 59.5 Å². The summed E-state index contributed by atoms with van der Waals surface area (Å²) in [5.74, 6) is -0.286. The van der Waals surface area contributed by atoms with E-state index in [4.69, 9.17) is 0 Å². The van der Waals surface area contributed by atoms with Gasteiger partial charge in [-0.05, 0) is 52.9 Å². The van der Waals surface area contributed by atoms with E-state index in [2.05, 4.69) is 33.0 Å². The number of halogens is 1. The van der Waals surface area contributed by atoms with Crippen molar-refractivity contribution in [2.75, 3.05) is 5.32 Å². The maximum Gasteiger partial charge on any atom is 0.275 e. The Balaban J connectivity index is 1.81. The zero-order valence-corrected chi connectivity index (χ0v) is 13.6. The number of benzene rings is 2. The summed E-state index contributed by atoms with van der Waals surface area (Å²) < 4.78 is 2.26. The van der Waals surface area contributed by atoms with Crippen molar-refractivity contribution in [3.63, 3.8) is 0 Å². The molecule has 110 valence electrons. The summed E-state index contributed by atoms with van der Waals surface area (Å²) in [5.41, 5.74) is 0.426. The third kappa shape index (κ3) is 3.16. The molecule has 0 fully saturated rings. The molecule has 0 aliphatic heterocycles. The Bertz CT molecular complexity index is 888. The van der Waals surface area contributed by atoms with E-state index in [0.717, 1.165) is 8.96 Å². The average Bonchev–Trinajstić information content (AvgIpc) is 2.53. The molecule has 1 amide bonds. The van der Waals surface area contributed by atoms with Gasteiger partial charge in [0, 0.05) is 14.6 Å². The van der Waals surface area contributed by atoms with Gasteiger partial charge in [0.15, 0.2) is 0 Å². The van der Waals surface area contributed by atoms with Crippen LogP contribution in [-0.4, -0.2) is 15.7 Å². The Labute approximate surface area is 140 Å². The highest BCUT2D eigenvalue weighted by atomic mass is 127. The molecule has 3 aromatic rings. The van der Waals surface area contributed by atoms with Gasteiger partial charge in [-0.25, -0.2) is 4.68 Å². The van der Waals surface area contributed by atoms with Crippen LogP contribution in [0.3, 0.4) is 0 Å². The van der Waals surface area contributed by atoms with Crippen molar-refractivity contribution in [2.45, 2.75) is 6.54 Å². The molecule has 0 bridgehead atoms. The van der Waals surface area contributed by atoms with Crippen molar-refractivity contribution in [3.05, 3.63) is 68.7 Å². The van der Waals surface area contributed by atoms with Gasteiger partial charge >= 0.3 is 0 Å². The minimum Gasteiger partial charge on any atom is -0.324 e. The molecule has 5 nitrogen and oxygen atoms in total. The Hall–Kier alpha value is -2.22. The average molecular weight is 405 g/mol. The molecule has 0 unspecified atom stereocenters. The minimum atomic E-state index is -0.286. The highest BCUT2D eigenvalue weighted by molar-refractivity contribution is 14.1. The van der Waals surface area contributed by atoms with Crippen LogP contribution in [0.4, 0.5) is 5.69 Å². The van der Waals surface area contributed by atoms with Crippen LogP contribution in [0, 0.1) is 3.57 Å². The monoisotopic (exact) mass is 405 g/mol. The minimum absolute atomic E-state index is 0.115. The van der Waals surface area contributed by atoms with E-state index in [9.17, 15) is 9.59 Å². The third-order valence-corrected chi connectivity index (χ3v) is 3.90. The predicted molar refractivity (Wildman–Crippen MR) is 93.8 cm³/mol. The van der Waals surface area contributed by atoms with Gasteiger partial charge in [-0.2, -0.15) is 5.10 Å². The number of nitrogens with zero attached hydrogens (tertiary/aromatic N) is 2. The zero-order chi connectivity index (χ0) is 15.5. The number of aromatic nitrogens is 2. The number of nitrogens with one attached hydrogen (secondary N) is 1. The van der Waals surface area contributed by atoms with Gasteiger partial charge in [0.2, 0.25) is 5.91 Å². The highest BCUT2D eigenvalue weighted by Gasteiger charge is 2.08. The van der Waals surface area contributed by atoms with Crippen LogP contribution < -0.4 is 10.9 Å². The van der Waals surface area contributed by atoms with E-state index in [0.29, 0.717) is 11.1 Å². The molecular weight excluding hydrogens is 393 g/mol. The number of amides is 1. The largest absolute Gasteiger partial charge is 0.324 e. The molecule has 0 aliphatic carbocycles. The number of fused-ring (bicyclic) bond motifs is 1. The van der Waals surface area contributed by atoms with Crippen LogP contribution in [0.5, 0.6) is 0 Å². The quantitative estimate of drug-likeness (QED) is 0.682. The van der Waals surface area contributed by atoms with E-state index < -0.39 is 0 Å². The molecule has 0 spiro atoms. The Morgan fingerprint density at radius 1 is 1.14 bits per heavy atom. The fourth-order valence-electron chi connectivity index (χ4n) is 2.11. The van der Waals surface area contributed by atoms with Crippen molar-refractivity contribution in [2.24, 2.45) is 0 Å². The van der Waals surface area contributed by atoms with E-state index in [1.807, 2.05) is 36.4 Å². The van der Waals surface area contributed by atoms with Crippen LogP contribution in [0.2, 0.25) is 0 Å². The van der Waals surface area contributed by atoms with Crippen molar-refractivity contribution in [3.8, 4) is 0 Å². The zero-order valence-electron chi connectivity index (χ0n) is 11.5. The second-order valence-electron chi connectivity index (χ2n) is 4.75. The summed E-state index contributed by atoms with van der Waals surface area (Å²) in [5, 5.41) is 8.12. The van der Waals surface area contributed by atoms with Gasteiger partial charge < -0.3 is 5.32 Å². The second kappa shape index (κ2) is 6.27. The molecule has 22 heavy (non-hydrogen) atoms. The fourth-order valence-corrected chi connectivity index (χ4v) is 2.47. The summed E-state index contributed by atoms with van der Waals surface area (Å²) in [6, 6.07) is 14.6. The highest BCUT2D eigenvalue weighted by Crippen LogP contribution is 2.11. The van der Waals surface area contributed by atoms with Crippen LogP contribution in [0.25, 0.3) is 10.8 Å². The molecule has 0 aliphatic rings. The first-order valence-corrected chi connectivity index (χ1v) is 7.71.